The van der Waals surface area contributed by atoms with Crippen molar-refractivity contribution in [3.8, 4) is 0 Å². The van der Waals surface area contributed by atoms with E-state index in [0.29, 0.717) is 31.0 Å². The highest BCUT2D eigenvalue weighted by molar-refractivity contribution is 5.94. The monoisotopic (exact) mass is 395 g/mol. The first kappa shape index (κ1) is 19.3. The van der Waals surface area contributed by atoms with E-state index >= 15 is 0 Å². The lowest BCUT2D eigenvalue weighted by Gasteiger charge is -2.50. The van der Waals surface area contributed by atoms with E-state index in [1.54, 1.807) is 17.3 Å². The molecule has 8 nitrogen and oxygen atoms in total. The van der Waals surface area contributed by atoms with Crippen LogP contribution in [0.25, 0.3) is 0 Å². The third-order valence-corrected chi connectivity index (χ3v) is 5.38. The molecular weight excluding hydrogens is 370 g/mol. The molecule has 3 heterocycles. The van der Waals surface area contributed by atoms with Gasteiger partial charge >= 0.3 is 0 Å². The lowest BCUT2D eigenvalue weighted by atomic mass is 9.77. The Morgan fingerprint density at radius 1 is 1.28 bits per heavy atom. The van der Waals surface area contributed by atoms with E-state index in [2.05, 4.69) is 20.6 Å². The molecular formula is C21H25N5O3. The molecule has 2 fully saturated rings. The number of morpholine rings is 1. The lowest BCUT2D eigenvalue weighted by molar-refractivity contribution is -0.150. The Morgan fingerprint density at radius 2 is 2.00 bits per heavy atom. The topological polar surface area (TPSA) is 96.5 Å². The van der Waals surface area contributed by atoms with Crippen molar-refractivity contribution in [3.63, 3.8) is 0 Å². The quantitative estimate of drug-likeness (QED) is 0.816. The van der Waals surface area contributed by atoms with Crippen molar-refractivity contribution in [2.45, 2.75) is 38.0 Å². The maximum atomic E-state index is 13.0. The number of ether oxygens (including phenoxy) is 1. The molecule has 1 aromatic carbocycles. The number of likely N-dealkylation sites (tertiary alicyclic amines) is 1. The summed E-state index contributed by atoms with van der Waals surface area (Å²) in [6, 6.07) is 10.0. The number of nitrogens with zero attached hydrogens (tertiary/aromatic N) is 3. The van der Waals surface area contributed by atoms with Gasteiger partial charge in [-0.2, -0.15) is 0 Å². The Hall–Kier alpha value is -3.00. The molecule has 2 atom stereocenters. The largest absolute Gasteiger partial charge is 0.364 e. The van der Waals surface area contributed by atoms with Crippen LogP contribution in [0, 0.1) is 0 Å². The molecule has 0 spiro atoms. The Kier molecular flexibility index (Phi) is 5.19. The first-order valence-electron chi connectivity index (χ1n) is 9.84. The van der Waals surface area contributed by atoms with Gasteiger partial charge in [-0.15, -0.1) is 0 Å². The van der Waals surface area contributed by atoms with Crippen LogP contribution >= 0.6 is 0 Å². The smallest absolute Gasteiger partial charge is 0.257 e. The molecule has 0 radical (unpaired) electrons. The van der Waals surface area contributed by atoms with Gasteiger partial charge in [0.2, 0.25) is 11.9 Å². The number of amides is 2. The fourth-order valence-corrected chi connectivity index (χ4v) is 3.99. The lowest BCUT2D eigenvalue weighted by Crippen LogP contribution is -2.67. The second-order valence-electron chi connectivity index (χ2n) is 7.78. The van der Waals surface area contributed by atoms with Crippen LogP contribution in [0.1, 0.15) is 36.2 Å². The standard InChI is InChI=1S/C21H25N5O3/c1-14(2)24-20-22-10-15(11-23-20)19(28)26-9-8-21(16-6-4-3-5-7-16)17(12-26)29-13-18(27)25-21/h3-7,10-11,14,17H,8-9,12-13H2,1-2H3,(H,25,27)(H,22,23,24)/t17-,21+/m1/s1. The van der Waals surface area contributed by atoms with E-state index in [4.69, 9.17) is 4.74 Å². The summed E-state index contributed by atoms with van der Waals surface area (Å²) in [5, 5.41) is 6.25. The Labute approximate surface area is 169 Å². The minimum atomic E-state index is -0.616. The fraction of sp³-hybridized carbons (Fsp3) is 0.429. The first-order valence-corrected chi connectivity index (χ1v) is 9.84. The molecule has 2 N–H and O–H groups in total. The SMILES string of the molecule is CC(C)Nc1ncc(C(=O)N2CC[C@@]3(c4ccccc4)NC(=O)CO[C@@H]3C2)cn1. The van der Waals surface area contributed by atoms with Crippen molar-refractivity contribution in [1.82, 2.24) is 20.2 Å². The third kappa shape index (κ3) is 3.80. The van der Waals surface area contributed by atoms with Crippen LogP contribution in [0.3, 0.4) is 0 Å². The molecule has 2 aliphatic heterocycles. The van der Waals surface area contributed by atoms with Crippen LogP contribution in [0.4, 0.5) is 5.95 Å². The average Bonchev–Trinajstić information content (AvgIpc) is 2.73. The Balaban J connectivity index is 1.53. The Bertz CT molecular complexity index is 887. The number of hydrogen-bond acceptors (Lipinski definition) is 6. The summed E-state index contributed by atoms with van der Waals surface area (Å²) < 4.78 is 5.88. The molecule has 152 valence electrons. The molecule has 0 aliphatic carbocycles. The van der Waals surface area contributed by atoms with E-state index in [1.165, 1.54) is 0 Å². The summed E-state index contributed by atoms with van der Waals surface area (Å²) in [7, 11) is 0. The van der Waals surface area contributed by atoms with Gasteiger partial charge < -0.3 is 20.3 Å². The molecule has 0 unspecified atom stereocenters. The van der Waals surface area contributed by atoms with Crippen LogP contribution < -0.4 is 10.6 Å². The van der Waals surface area contributed by atoms with Crippen molar-refractivity contribution in [2.75, 3.05) is 25.0 Å². The number of carbonyl (C=O) groups is 2. The van der Waals surface area contributed by atoms with Gasteiger partial charge in [-0.05, 0) is 25.8 Å². The van der Waals surface area contributed by atoms with Gasteiger partial charge in [-0.3, -0.25) is 9.59 Å². The number of rotatable bonds is 4. The van der Waals surface area contributed by atoms with E-state index in [-0.39, 0.29) is 30.6 Å². The van der Waals surface area contributed by atoms with Gasteiger partial charge in [-0.1, -0.05) is 30.3 Å². The predicted molar refractivity (Wildman–Crippen MR) is 107 cm³/mol. The zero-order valence-corrected chi connectivity index (χ0v) is 16.6. The van der Waals surface area contributed by atoms with Gasteiger partial charge in [0, 0.05) is 31.5 Å². The van der Waals surface area contributed by atoms with Crippen molar-refractivity contribution < 1.29 is 14.3 Å². The molecule has 0 saturated carbocycles. The zero-order valence-electron chi connectivity index (χ0n) is 16.6. The van der Waals surface area contributed by atoms with E-state index in [9.17, 15) is 9.59 Å². The number of piperidine rings is 1. The second-order valence-corrected chi connectivity index (χ2v) is 7.78. The highest BCUT2D eigenvalue weighted by atomic mass is 16.5. The van der Waals surface area contributed by atoms with E-state index in [0.717, 1.165) is 5.56 Å². The molecule has 29 heavy (non-hydrogen) atoms. The minimum absolute atomic E-state index is 0.0000393. The van der Waals surface area contributed by atoms with Crippen molar-refractivity contribution >= 4 is 17.8 Å². The van der Waals surface area contributed by atoms with Gasteiger partial charge in [0.15, 0.2) is 0 Å². The summed E-state index contributed by atoms with van der Waals surface area (Å²) in [6.45, 7) is 4.88. The van der Waals surface area contributed by atoms with Crippen molar-refractivity contribution in [2.24, 2.45) is 0 Å². The molecule has 0 bridgehead atoms. The number of carbonyl (C=O) groups excluding carboxylic acids is 2. The summed E-state index contributed by atoms with van der Waals surface area (Å²) in [5.41, 5.74) is 0.818. The van der Waals surface area contributed by atoms with E-state index in [1.807, 2.05) is 44.2 Å². The number of hydrogen-bond donors (Lipinski definition) is 2. The van der Waals surface area contributed by atoms with Crippen molar-refractivity contribution in [3.05, 3.63) is 53.9 Å². The molecule has 2 aromatic rings. The molecule has 2 saturated heterocycles. The molecule has 2 aliphatic rings. The fourth-order valence-electron chi connectivity index (χ4n) is 3.99. The first-order chi connectivity index (χ1) is 14.0. The van der Waals surface area contributed by atoms with Gasteiger partial charge in [0.1, 0.15) is 12.7 Å². The normalized spacial score (nSPS) is 24.0. The Morgan fingerprint density at radius 3 is 2.69 bits per heavy atom. The molecule has 8 heteroatoms. The maximum absolute atomic E-state index is 13.0. The predicted octanol–water partition coefficient (Wildman–Crippen LogP) is 1.55. The van der Waals surface area contributed by atoms with Crippen LogP contribution in [0.2, 0.25) is 0 Å². The number of nitrogens with one attached hydrogen (secondary N) is 2. The number of anilines is 1. The second kappa shape index (κ2) is 7.79. The number of benzene rings is 1. The van der Waals surface area contributed by atoms with Crippen LogP contribution in [0.5, 0.6) is 0 Å². The molecule has 1 aromatic heterocycles. The third-order valence-electron chi connectivity index (χ3n) is 5.38. The molecule has 4 rings (SSSR count). The maximum Gasteiger partial charge on any atom is 0.257 e. The summed E-state index contributed by atoms with van der Waals surface area (Å²) in [4.78, 5) is 35.3. The minimum Gasteiger partial charge on any atom is -0.364 e. The van der Waals surface area contributed by atoms with Gasteiger partial charge in [-0.25, -0.2) is 9.97 Å². The van der Waals surface area contributed by atoms with Crippen molar-refractivity contribution in [1.29, 1.82) is 0 Å². The van der Waals surface area contributed by atoms with Gasteiger partial charge in [0.05, 0.1) is 11.1 Å². The highest BCUT2D eigenvalue weighted by Crippen LogP contribution is 2.37. The highest BCUT2D eigenvalue weighted by Gasteiger charge is 2.49. The van der Waals surface area contributed by atoms with E-state index < -0.39 is 5.54 Å². The average molecular weight is 395 g/mol. The number of fused-ring (bicyclic) bond motifs is 1. The van der Waals surface area contributed by atoms with Crippen LogP contribution in [-0.4, -0.2) is 58.5 Å². The van der Waals surface area contributed by atoms with Crippen LogP contribution in [0.15, 0.2) is 42.7 Å². The van der Waals surface area contributed by atoms with Crippen LogP contribution in [-0.2, 0) is 15.1 Å². The van der Waals surface area contributed by atoms with Gasteiger partial charge in [0.25, 0.3) is 5.91 Å². The summed E-state index contributed by atoms with van der Waals surface area (Å²) in [5.74, 6) is 0.228. The molecule has 2 amide bonds. The number of aromatic nitrogens is 2. The summed E-state index contributed by atoms with van der Waals surface area (Å²) >= 11 is 0. The summed E-state index contributed by atoms with van der Waals surface area (Å²) in [6.07, 6.45) is 3.35. The zero-order chi connectivity index (χ0) is 20.4.